The zero-order valence-electron chi connectivity index (χ0n) is 18.2. The SMILES string of the molecule is CO/N=C(\C(=O)NC1C(=O)N2C(C(=O)[O-])=C(C[n+]3ccc4ccsc4c3)CS[C@H]12)c1csc(N)n1. The lowest BCUT2D eigenvalue weighted by atomic mass is 10.0. The van der Waals surface area contributed by atoms with E-state index in [-0.39, 0.29) is 22.2 Å². The van der Waals surface area contributed by atoms with Crippen LogP contribution in [0.2, 0.25) is 0 Å². The molecule has 1 unspecified atom stereocenters. The first-order valence-electron chi connectivity index (χ1n) is 10.2. The number of thioether (sulfide) groups is 1. The maximum atomic E-state index is 13.0. The van der Waals surface area contributed by atoms with Gasteiger partial charge in [0, 0.05) is 28.2 Å². The highest BCUT2D eigenvalue weighted by atomic mass is 32.2. The second kappa shape index (κ2) is 9.28. The largest absolute Gasteiger partial charge is 0.543 e. The first-order valence-corrected chi connectivity index (χ1v) is 13.1. The Balaban J connectivity index is 1.36. The molecule has 2 amide bonds. The number of hydrogen-bond acceptors (Lipinski definition) is 11. The van der Waals surface area contributed by atoms with Crippen LogP contribution in [-0.4, -0.2) is 57.7 Å². The molecular formula is C21H18N6O5S3. The number of fused-ring (bicyclic) bond motifs is 2. The average molecular weight is 531 g/mol. The number of hydrogen-bond donors (Lipinski definition) is 2. The van der Waals surface area contributed by atoms with Gasteiger partial charge in [-0.05, 0) is 11.4 Å². The van der Waals surface area contributed by atoms with E-state index in [1.54, 1.807) is 16.7 Å². The van der Waals surface area contributed by atoms with Gasteiger partial charge in [-0.3, -0.25) is 14.5 Å². The number of thiophene rings is 1. The van der Waals surface area contributed by atoms with Crippen LogP contribution in [0.5, 0.6) is 0 Å². The predicted octanol–water partition coefficient (Wildman–Crippen LogP) is -0.318. The van der Waals surface area contributed by atoms with Gasteiger partial charge >= 0.3 is 0 Å². The van der Waals surface area contributed by atoms with Crippen molar-refractivity contribution in [2.24, 2.45) is 5.16 Å². The van der Waals surface area contributed by atoms with E-state index in [4.69, 9.17) is 10.6 Å². The van der Waals surface area contributed by atoms with Crippen molar-refractivity contribution < 1.29 is 28.9 Å². The van der Waals surface area contributed by atoms with Gasteiger partial charge in [0.1, 0.15) is 24.2 Å². The zero-order chi connectivity index (χ0) is 24.7. The summed E-state index contributed by atoms with van der Waals surface area (Å²) in [5.74, 6) is -2.29. The van der Waals surface area contributed by atoms with Crippen molar-refractivity contribution in [2.75, 3.05) is 18.6 Å². The summed E-state index contributed by atoms with van der Waals surface area (Å²) >= 11 is 4.09. The van der Waals surface area contributed by atoms with Crippen LogP contribution in [0.3, 0.4) is 0 Å². The quantitative estimate of drug-likeness (QED) is 0.182. The topological polar surface area (TPSA) is 154 Å². The fourth-order valence-corrected chi connectivity index (χ4v) is 6.67. The number of nitrogen functional groups attached to an aromatic ring is 1. The van der Waals surface area contributed by atoms with E-state index in [1.807, 2.05) is 34.5 Å². The minimum Gasteiger partial charge on any atom is -0.543 e. The summed E-state index contributed by atoms with van der Waals surface area (Å²) in [6.45, 7) is 0.299. The van der Waals surface area contributed by atoms with Crippen LogP contribution in [0.4, 0.5) is 5.13 Å². The van der Waals surface area contributed by atoms with Crippen LogP contribution in [0.25, 0.3) is 10.1 Å². The molecule has 1 saturated heterocycles. The number of carboxylic acid groups (broad SMARTS) is 1. The monoisotopic (exact) mass is 530 g/mol. The summed E-state index contributed by atoms with van der Waals surface area (Å²) in [4.78, 5) is 47.8. The number of rotatable bonds is 7. The number of amides is 2. The lowest BCUT2D eigenvalue weighted by Gasteiger charge is -2.50. The molecule has 0 spiro atoms. The molecular weight excluding hydrogens is 512 g/mol. The average Bonchev–Trinajstić information content (AvgIpc) is 3.48. The number of thiazole rings is 1. The summed E-state index contributed by atoms with van der Waals surface area (Å²) < 4.78 is 2.96. The molecule has 14 heteroatoms. The molecule has 11 nitrogen and oxygen atoms in total. The summed E-state index contributed by atoms with van der Waals surface area (Å²) in [5, 5.41) is 22.7. The number of carbonyl (C=O) groups excluding carboxylic acids is 3. The molecule has 35 heavy (non-hydrogen) atoms. The molecule has 0 saturated carbocycles. The first-order chi connectivity index (χ1) is 16.9. The molecule has 2 aliphatic rings. The smallest absolute Gasteiger partial charge is 0.276 e. The molecule has 3 aromatic rings. The van der Waals surface area contributed by atoms with Crippen molar-refractivity contribution in [3.05, 3.63) is 52.3 Å². The Morgan fingerprint density at radius 1 is 1.40 bits per heavy atom. The van der Waals surface area contributed by atoms with Gasteiger partial charge in [-0.2, -0.15) is 4.57 Å². The second-order valence-electron chi connectivity index (χ2n) is 7.65. The van der Waals surface area contributed by atoms with Gasteiger partial charge in [-0.15, -0.1) is 34.4 Å². The number of nitrogens with two attached hydrogens (primary N) is 1. The Bertz CT molecular complexity index is 1410. The Morgan fingerprint density at radius 3 is 2.94 bits per heavy atom. The number of aromatic nitrogens is 2. The van der Waals surface area contributed by atoms with E-state index in [0.29, 0.717) is 17.9 Å². The molecule has 3 aromatic heterocycles. The predicted molar refractivity (Wildman–Crippen MR) is 129 cm³/mol. The fourth-order valence-electron chi connectivity index (χ4n) is 3.96. The van der Waals surface area contributed by atoms with Gasteiger partial charge in [0.05, 0.1) is 16.4 Å². The van der Waals surface area contributed by atoms with Crippen molar-refractivity contribution >= 4 is 73.1 Å². The number of anilines is 1. The Morgan fingerprint density at radius 2 is 2.23 bits per heavy atom. The molecule has 3 N–H and O–H groups in total. The van der Waals surface area contributed by atoms with E-state index < -0.39 is 29.2 Å². The van der Waals surface area contributed by atoms with E-state index in [9.17, 15) is 19.5 Å². The van der Waals surface area contributed by atoms with Crippen LogP contribution in [0.1, 0.15) is 5.69 Å². The highest BCUT2D eigenvalue weighted by Gasteiger charge is 2.53. The molecule has 180 valence electrons. The number of nitrogens with zero attached hydrogens (tertiary/aromatic N) is 4. The van der Waals surface area contributed by atoms with Gasteiger partial charge in [-0.25, -0.2) is 4.98 Å². The van der Waals surface area contributed by atoms with Gasteiger partial charge in [0.25, 0.3) is 11.8 Å². The van der Waals surface area contributed by atoms with Crippen molar-refractivity contribution in [2.45, 2.75) is 18.0 Å². The number of β-lactam (4-membered cyclic amide) rings is 1. The van der Waals surface area contributed by atoms with Crippen LogP contribution in [-0.2, 0) is 25.8 Å². The molecule has 0 aromatic carbocycles. The highest BCUT2D eigenvalue weighted by Crippen LogP contribution is 2.40. The number of oxime groups is 1. The van der Waals surface area contributed by atoms with Gasteiger partial charge in [0.15, 0.2) is 29.8 Å². The van der Waals surface area contributed by atoms with Crippen LogP contribution < -0.4 is 20.7 Å². The molecule has 1 fully saturated rings. The third-order valence-electron chi connectivity index (χ3n) is 5.52. The molecule has 5 heterocycles. The Labute approximate surface area is 210 Å². The normalized spacial score (nSPS) is 20.0. The van der Waals surface area contributed by atoms with E-state index in [2.05, 4.69) is 15.5 Å². The zero-order valence-corrected chi connectivity index (χ0v) is 20.6. The van der Waals surface area contributed by atoms with Gasteiger partial charge < -0.3 is 25.8 Å². The number of carboxylic acids is 1. The highest BCUT2D eigenvalue weighted by molar-refractivity contribution is 8.00. The third kappa shape index (κ3) is 4.24. The molecule has 2 atom stereocenters. The molecule has 0 aliphatic carbocycles. The lowest BCUT2D eigenvalue weighted by molar-refractivity contribution is -0.687. The van der Waals surface area contributed by atoms with Gasteiger partial charge in [-0.1, -0.05) is 5.16 Å². The van der Waals surface area contributed by atoms with Crippen LogP contribution in [0.15, 0.2) is 51.7 Å². The minimum atomic E-state index is -1.43. The van der Waals surface area contributed by atoms with Crippen molar-refractivity contribution in [3.63, 3.8) is 0 Å². The van der Waals surface area contributed by atoms with Crippen molar-refractivity contribution in [1.29, 1.82) is 0 Å². The summed E-state index contributed by atoms with van der Waals surface area (Å²) in [5.41, 5.74) is 6.13. The van der Waals surface area contributed by atoms with E-state index >= 15 is 0 Å². The number of nitrogens with one attached hydrogen (secondary N) is 1. The fraction of sp³-hybridized carbons (Fsp3) is 0.238. The molecule has 5 rings (SSSR count). The van der Waals surface area contributed by atoms with E-state index in [1.165, 1.54) is 23.8 Å². The lowest BCUT2D eigenvalue weighted by Crippen LogP contribution is -2.71. The Kier molecular flexibility index (Phi) is 6.17. The van der Waals surface area contributed by atoms with Crippen molar-refractivity contribution in [3.8, 4) is 0 Å². The maximum absolute atomic E-state index is 13.0. The van der Waals surface area contributed by atoms with Crippen LogP contribution in [0, 0.1) is 0 Å². The first kappa shape index (κ1) is 23.3. The molecule has 0 radical (unpaired) electrons. The standard InChI is InChI=1S/C21H18N6O5S3/c1-32-25-14(12-9-35-21(22)23-12)17(28)24-15-18(29)27-16(20(30)31)11(8-34-19(15)27)6-26-4-2-10-3-5-33-13(10)7-26/h2-5,7,9,15,19H,6,8H2,1H3,(H3-,22,23,24,28,30,31)/b25-14-/t15?,19-/m1/s1. The number of carbonyl (C=O) groups is 3. The molecule has 0 bridgehead atoms. The third-order valence-corrected chi connectivity index (χ3v) is 8.40. The summed E-state index contributed by atoms with van der Waals surface area (Å²) in [6.07, 6.45) is 3.81. The Hall–Kier alpha value is -3.49. The van der Waals surface area contributed by atoms with Gasteiger partial charge in [0.2, 0.25) is 0 Å². The van der Waals surface area contributed by atoms with Crippen molar-refractivity contribution in [1.82, 2.24) is 15.2 Å². The minimum absolute atomic E-state index is 0.135. The van der Waals surface area contributed by atoms with Crippen LogP contribution >= 0.6 is 34.4 Å². The van der Waals surface area contributed by atoms with E-state index in [0.717, 1.165) is 21.4 Å². The maximum Gasteiger partial charge on any atom is 0.276 e. The molecule has 2 aliphatic heterocycles. The number of pyridine rings is 1. The summed E-state index contributed by atoms with van der Waals surface area (Å²) in [6, 6.07) is 3.03. The summed E-state index contributed by atoms with van der Waals surface area (Å²) in [7, 11) is 1.28. The second-order valence-corrected chi connectivity index (χ2v) is 10.6. The number of aliphatic carboxylic acids is 1.